The maximum absolute atomic E-state index is 12.3. The Labute approximate surface area is 154 Å². The predicted molar refractivity (Wildman–Crippen MR) is 90.2 cm³/mol. The van der Waals surface area contributed by atoms with Crippen LogP contribution in [0.5, 0.6) is 5.75 Å². The van der Waals surface area contributed by atoms with Crippen LogP contribution in [-0.2, 0) is 18.9 Å². The van der Waals surface area contributed by atoms with Gasteiger partial charge in [-0.15, -0.1) is 0 Å². The fourth-order valence-corrected chi connectivity index (χ4v) is 3.17. The van der Waals surface area contributed by atoms with E-state index >= 15 is 0 Å². The summed E-state index contributed by atoms with van der Waals surface area (Å²) in [6.07, 6.45) is 0.678. The molecule has 2 aliphatic heterocycles. The number of hydrogen-bond acceptors (Lipinski definition) is 8. The number of aromatic hydroxyl groups is 1. The number of rotatable bonds is 4. The van der Waals surface area contributed by atoms with Crippen molar-refractivity contribution in [2.24, 2.45) is 0 Å². The van der Waals surface area contributed by atoms with Gasteiger partial charge >= 0.3 is 11.9 Å². The highest BCUT2D eigenvalue weighted by atomic mass is 16.7. The first kappa shape index (κ1) is 17.4. The van der Waals surface area contributed by atoms with Crippen molar-refractivity contribution in [3.8, 4) is 5.75 Å². The molecule has 2 fully saturated rings. The minimum absolute atomic E-state index is 0.0681. The zero-order valence-electron chi connectivity index (χ0n) is 14.2. The zero-order chi connectivity index (χ0) is 18.8. The van der Waals surface area contributed by atoms with Gasteiger partial charge < -0.3 is 24.1 Å². The van der Waals surface area contributed by atoms with Crippen molar-refractivity contribution < 1.29 is 33.6 Å². The van der Waals surface area contributed by atoms with E-state index < -0.39 is 36.4 Å². The number of nitrogens with zero attached hydrogens (tertiary/aromatic N) is 1. The number of benzene rings is 1. The zero-order valence-corrected chi connectivity index (χ0v) is 14.2. The quantitative estimate of drug-likeness (QED) is 0.803. The number of phenolic OH excluding ortho intramolecular Hbond substituents is 1. The van der Waals surface area contributed by atoms with Gasteiger partial charge in [-0.2, -0.15) is 0 Å². The van der Waals surface area contributed by atoms with E-state index in [0.717, 1.165) is 0 Å². The second-order valence-electron chi connectivity index (χ2n) is 6.24. The first-order valence-electron chi connectivity index (χ1n) is 8.46. The lowest BCUT2D eigenvalue weighted by Crippen LogP contribution is -2.36. The maximum atomic E-state index is 12.3. The maximum Gasteiger partial charge on any atom is 0.342 e. The van der Waals surface area contributed by atoms with E-state index in [1.807, 2.05) is 0 Å². The number of carbonyl (C=O) groups excluding carboxylic acids is 2. The molecular weight excluding hydrogens is 354 g/mol. The molecule has 1 unspecified atom stereocenters. The average molecular weight is 371 g/mol. The fourth-order valence-electron chi connectivity index (χ4n) is 3.17. The van der Waals surface area contributed by atoms with Gasteiger partial charge in [0.05, 0.1) is 18.8 Å². The van der Waals surface area contributed by atoms with Crippen LogP contribution in [0.25, 0.3) is 0 Å². The number of ether oxygens (including phenoxy) is 4. The molecule has 3 heterocycles. The summed E-state index contributed by atoms with van der Waals surface area (Å²) < 4.78 is 22.2. The molecule has 0 bridgehead atoms. The summed E-state index contributed by atoms with van der Waals surface area (Å²) in [6, 6.07) is 9.37. The van der Waals surface area contributed by atoms with Crippen LogP contribution in [0.4, 0.5) is 0 Å². The van der Waals surface area contributed by atoms with E-state index in [-0.39, 0.29) is 24.5 Å². The fraction of sp³-hybridized carbons (Fsp3) is 0.316. The molecule has 4 rings (SSSR count). The predicted octanol–water partition coefficient (Wildman–Crippen LogP) is 1.34. The molecule has 2 aromatic rings. The number of carbonyl (C=O) groups is 2. The van der Waals surface area contributed by atoms with Crippen LogP contribution in [0.3, 0.4) is 0 Å². The van der Waals surface area contributed by atoms with E-state index in [1.165, 1.54) is 18.3 Å². The molecule has 0 spiro atoms. The summed E-state index contributed by atoms with van der Waals surface area (Å²) in [5.74, 6) is -1.34. The summed E-state index contributed by atoms with van der Waals surface area (Å²) in [4.78, 5) is 28.3. The highest BCUT2D eigenvalue weighted by molar-refractivity contribution is 5.92. The molecule has 0 amide bonds. The summed E-state index contributed by atoms with van der Waals surface area (Å²) in [5.41, 5.74) is 0.403. The summed E-state index contributed by atoms with van der Waals surface area (Å²) >= 11 is 0. The molecule has 1 aromatic heterocycles. The van der Waals surface area contributed by atoms with Crippen LogP contribution in [0, 0.1) is 0 Å². The van der Waals surface area contributed by atoms with Gasteiger partial charge in [-0.1, -0.05) is 12.1 Å². The molecule has 27 heavy (non-hydrogen) atoms. The Hall–Kier alpha value is -2.97. The van der Waals surface area contributed by atoms with Crippen LogP contribution in [0.2, 0.25) is 0 Å². The van der Waals surface area contributed by atoms with Gasteiger partial charge in [0.2, 0.25) is 0 Å². The first-order valence-corrected chi connectivity index (χ1v) is 8.46. The van der Waals surface area contributed by atoms with Crippen molar-refractivity contribution in [3.63, 3.8) is 0 Å². The Balaban J connectivity index is 1.38. The normalized spacial score (nSPS) is 26.4. The molecule has 2 saturated heterocycles. The van der Waals surface area contributed by atoms with Crippen molar-refractivity contribution in [2.75, 3.05) is 13.2 Å². The lowest BCUT2D eigenvalue weighted by Gasteiger charge is -2.17. The average Bonchev–Trinajstić information content (AvgIpc) is 3.26. The van der Waals surface area contributed by atoms with Crippen molar-refractivity contribution >= 4 is 11.9 Å². The Kier molecular flexibility index (Phi) is 4.74. The van der Waals surface area contributed by atoms with Gasteiger partial charge in [0, 0.05) is 12.4 Å². The molecule has 0 aliphatic carbocycles. The minimum Gasteiger partial charge on any atom is -0.507 e. The molecule has 2 aliphatic rings. The Morgan fingerprint density at radius 1 is 0.963 bits per heavy atom. The van der Waals surface area contributed by atoms with E-state index in [2.05, 4.69) is 4.98 Å². The summed E-state index contributed by atoms with van der Waals surface area (Å²) in [5, 5.41) is 9.77. The number of para-hydroxylation sites is 1. The third kappa shape index (κ3) is 3.49. The van der Waals surface area contributed by atoms with E-state index in [0.29, 0.717) is 5.56 Å². The van der Waals surface area contributed by atoms with Gasteiger partial charge in [-0.25, -0.2) is 9.59 Å². The van der Waals surface area contributed by atoms with Crippen LogP contribution >= 0.6 is 0 Å². The Bertz CT molecular complexity index is 841. The summed E-state index contributed by atoms with van der Waals surface area (Å²) in [7, 11) is 0. The molecule has 0 radical (unpaired) electrons. The standard InChI is InChI=1S/C19H17NO7/c21-13-6-2-1-5-12(13)19(23)27-15-10-25-16-14(9-24-17(15)16)26-18(22)11-4-3-7-20-8-11/h1-8,14-17,21H,9-10H2/t14-,15+,16-,17?/m1/s1. The van der Waals surface area contributed by atoms with Crippen molar-refractivity contribution in [1.29, 1.82) is 0 Å². The van der Waals surface area contributed by atoms with Crippen LogP contribution < -0.4 is 0 Å². The highest BCUT2D eigenvalue weighted by Gasteiger charge is 2.51. The number of pyridine rings is 1. The highest BCUT2D eigenvalue weighted by Crippen LogP contribution is 2.32. The van der Waals surface area contributed by atoms with Crippen molar-refractivity contribution in [1.82, 2.24) is 4.98 Å². The van der Waals surface area contributed by atoms with Crippen LogP contribution in [0.1, 0.15) is 20.7 Å². The van der Waals surface area contributed by atoms with Gasteiger partial charge in [-0.3, -0.25) is 4.98 Å². The molecule has 1 N–H and O–H groups in total. The molecule has 1 aromatic carbocycles. The number of esters is 2. The topological polar surface area (TPSA) is 104 Å². The van der Waals surface area contributed by atoms with Crippen molar-refractivity contribution in [2.45, 2.75) is 24.4 Å². The molecule has 4 atom stereocenters. The number of fused-ring (bicyclic) bond motifs is 1. The Morgan fingerprint density at radius 2 is 1.63 bits per heavy atom. The van der Waals surface area contributed by atoms with Gasteiger partial charge in [0.1, 0.15) is 23.5 Å². The Morgan fingerprint density at radius 3 is 2.26 bits per heavy atom. The number of hydrogen-bond donors (Lipinski definition) is 1. The second kappa shape index (κ2) is 7.34. The molecule has 8 nitrogen and oxygen atoms in total. The van der Waals surface area contributed by atoms with E-state index in [1.54, 1.807) is 30.5 Å². The lowest BCUT2D eigenvalue weighted by atomic mass is 10.1. The van der Waals surface area contributed by atoms with E-state index in [9.17, 15) is 14.7 Å². The monoisotopic (exact) mass is 371 g/mol. The first-order chi connectivity index (χ1) is 13.1. The van der Waals surface area contributed by atoms with Gasteiger partial charge in [0.15, 0.2) is 12.2 Å². The number of aromatic nitrogens is 1. The van der Waals surface area contributed by atoms with Gasteiger partial charge in [0.25, 0.3) is 0 Å². The van der Waals surface area contributed by atoms with Crippen molar-refractivity contribution in [3.05, 3.63) is 59.9 Å². The SMILES string of the molecule is O=C(O[C@@H]1COC2[C@@H](OC(=O)c3ccccc3O)CO[C@@H]21)c1cccnc1. The molecular formula is C19H17NO7. The largest absolute Gasteiger partial charge is 0.507 e. The minimum atomic E-state index is -0.665. The van der Waals surface area contributed by atoms with E-state index in [4.69, 9.17) is 18.9 Å². The van der Waals surface area contributed by atoms with Crippen LogP contribution in [-0.4, -0.2) is 59.7 Å². The molecule has 0 saturated carbocycles. The summed E-state index contributed by atoms with van der Waals surface area (Å²) in [6.45, 7) is 0.265. The van der Waals surface area contributed by atoms with Crippen LogP contribution in [0.15, 0.2) is 48.8 Å². The third-order valence-corrected chi connectivity index (χ3v) is 4.50. The molecule has 8 heteroatoms. The number of phenols is 1. The lowest BCUT2D eigenvalue weighted by molar-refractivity contribution is -0.0288. The molecule has 140 valence electrons. The smallest absolute Gasteiger partial charge is 0.342 e. The van der Waals surface area contributed by atoms with Gasteiger partial charge in [-0.05, 0) is 24.3 Å². The third-order valence-electron chi connectivity index (χ3n) is 4.50. The second-order valence-corrected chi connectivity index (χ2v) is 6.24.